The van der Waals surface area contributed by atoms with Gasteiger partial charge in [-0.05, 0) is 32.9 Å². The molecule has 1 aliphatic heterocycles. The molecular weight excluding hydrogens is 372 g/mol. The Hall–Kier alpha value is -2.94. The average Bonchev–Trinajstić information content (AvgIpc) is 3.01. The van der Waals surface area contributed by atoms with Crippen molar-refractivity contribution < 1.29 is 27.5 Å². The van der Waals surface area contributed by atoms with Crippen LogP contribution in [0, 0.1) is 13.8 Å². The highest BCUT2D eigenvalue weighted by molar-refractivity contribution is 7.90. The van der Waals surface area contributed by atoms with Crippen molar-refractivity contribution in [3.05, 3.63) is 52.3 Å². The van der Waals surface area contributed by atoms with E-state index in [4.69, 9.17) is 4.74 Å². The Morgan fingerprint density at radius 2 is 1.74 bits per heavy atom. The number of ketones is 1. The highest BCUT2D eigenvalue weighted by Gasteiger charge is 2.42. The summed E-state index contributed by atoms with van der Waals surface area (Å²) in [7, 11) is -4.11. The third kappa shape index (κ3) is 2.93. The number of esters is 1. The molecule has 0 saturated heterocycles. The Labute approximate surface area is 156 Å². The molecule has 0 radical (unpaired) electrons. The summed E-state index contributed by atoms with van der Waals surface area (Å²) < 4.78 is 30.8. The van der Waals surface area contributed by atoms with E-state index >= 15 is 0 Å². The number of nitrogens with one attached hydrogen (secondary N) is 1. The summed E-state index contributed by atoms with van der Waals surface area (Å²) in [6.07, 6.45) is 0. The first-order valence-electron chi connectivity index (χ1n) is 8.25. The molecule has 2 aromatic rings. The van der Waals surface area contributed by atoms with Gasteiger partial charge >= 0.3 is 5.97 Å². The number of carbonyl (C=O) groups excluding carboxylic acids is 3. The maximum atomic E-state index is 12.9. The molecule has 0 unspecified atom stereocenters. The first kappa shape index (κ1) is 18.8. The number of hydrogen-bond donors (Lipinski definition) is 1. The molecule has 0 fully saturated rings. The van der Waals surface area contributed by atoms with Crippen LogP contribution >= 0.6 is 0 Å². The zero-order valence-electron chi connectivity index (χ0n) is 15.0. The zero-order valence-corrected chi connectivity index (χ0v) is 15.8. The molecule has 8 nitrogen and oxygen atoms in total. The fourth-order valence-corrected chi connectivity index (χ4v) is 4.71. The number of aromatic nitrogens is 1. The summed E-state index contributed by atoms with van der Waals surface area (Å²) in [4.78, 5) is 40.3. The van der Waals surface area contributed by atoms with Crippen LogP contribution in [0.2, 0.25) is 0 Å². The van der Waals surface area contributed by atoms with Gasteiger partial charge in [-0.3, -0.25) is 9.59 Å². The molecule has 0 atom stereocenters. The predicted octanol–water partition coefficient (Wildman–Crippen LogP) is 1.84. The van der Waals surface area contributed by atoms with Crippen LogP contribution < -0.4 is 0 Å². The summed E-state index contributed by atoms with van der Waals surface area (Å²) in [5, 5.41) is 0. The lowest BCUT2D eigenvalue weighted by molar-refractivity contribution is 0.0522. The molecule has 0 bridgehead atoms. The lowest BCUT2D eigenvalue weighted by atomic mass is 10.0. The van der Waals surface area contributed by atoms with E-state index in [9.17, 15) is 22.8 Å². The second-order valence-corrected chi connectivity index (χ2v) is 7.91. The number of ether oxygens (including phenoxy) is 1. The summed E-state index contributed by atoms with van der Waals surface area (Å²) in [5.74, 6) is -2.10. The van der Waals surface area contributed by atoms with Crippen LogP contribution in [0.25, 0.3) is 0 Å². The van der Waals surface area contributed by atoms with Gasteiger partial charge in [0.05, 0.1) is 23.3 Å². The minimum atomic E-state index is -4.11. The van der Waals surface area contributed by atoms with Crippen LogP contribution in [0.15, 0.2) is 29.2 Å². The quantitative estimate of drug-likeness (QED) is 0.615. The smallest absolute Gasteiger partial charge is 0.340 e. The lowest BCUT2D eigenvalue weighted by Crippen LogP contribution is -2.35. The van der Waals surface area contributed by atoms with Crippen molar-refractivity contribution >= 4 is 27.7 Å². The molecule has 1 aromatic carbocycles. The standard InChI is InChI=1S/C18H18N2O6S/c1-4-26-18(23)16-11(3)19-10(2)15(16)13(21)9-20-17(22)12-7-5-6-8-14(12)27(20,24)25/h5-8,19H,4,9H2,1-3H3. The number of benzene rings is 1. The molecule has 1 aromatic heterocycles. The number of rotatable bonds is 5. The fraction of sp³-hybridized carbons (Fsp3) is 0.278. The van der Waals surface area contributed by atoms with Gasteiger partial charge in [0.2, 0.25) is 0 Å². The second kappa shape index (κ2) is 6.66. The molecule has 142 valence electrons. The number of amides is 1. The summed E-state index contributed by atoms with van der Waals surface area (Å²) in [6.45, 7) is 4.29. The molecular formula is C18H18N2O6S. The van der Waals surface area contributed by atoms with Gasteiger partial charge < -0.3 is 9.72 Å². The van der Waals surface area contributed by atoms with Crippen molar-refractivity contribution in [2.24, 2.45) is 0 Å². The maximum absolute atomic E-state index is 12.9. The number of hydrogen-bond acceptors (Lipinski definition) is 6. The van der Waals surface area contributed by atoms with Gasteiger partial charge in [0.1, 0.15) is 11.4 Å². The van der Waals surface area contributed by atoms with Gasteiger partial charge in [-0.1, -0.05) is 12.1 Å². The van der Waals surface area contributed by atoms with E-state index in [2.05, 4.69) is 4.98 Å². The van der Waals surface area contributed by atoms with E-state index in [1.807, 2.05) is 0 Å². The van der Waals surface area contributed by atoms with E-state index in [0.717, 1.165) is 0 Å². The Bertz CT molecular complexity index is 1070. The van der Waals surface area contributed by atoms with E-state index in [-0.39, 0.29) is 28.2 Å². The summed E-state index contributed by atoms with van der Waals surface area (Å²) >= 11 is 0. The van der Waals surface area contributed by atoms with Crippen LogP contribution in [0.5, 0.6) is 0 Å². The Kier molecular flexibility index (Phi) is 4.64. The van der Waals surface area contributed by atoms with Gasteiger partial charge in [0, 0.05) is 11.4 Å². The van der Waals surface area contributed by atoms with Crippen LogP contribution in [0.1, 0.15) is 49.4 Å². The molecule has 1 N–H and O–H groups in total. The van der Waals surface area contributed by atoms with Gasteiger partial charge in [-0.25, -0.2) is 17.5 Å². The molecule has 0 spiro atoms. The van der Waals surface area contributed by atoms with E-state index in [0.29, 0.717) is 15.7 Å². The van der Waals surface area contributed by atoms with Gasteiger partial charge in [-0.2, -0.15) is 0 Å². The summed E-state index contributed by atoms with van der Waals surface area (Å²) in [6, 6.07) is 5.78. The second-order valence-electron chi connectivity index (χ2n) is 6.08. The number of sulfonamides is 1. The number of aryl methyl sites for hydroxylation is 2. The zero-order chi connectivity index (χ0) is 19.9. The minimum Gasteiger partial charge on any atom is -0.462 e. The number of H-pyrrole nitrogens is 1. The molecule has 3 rings (SSSR count). The van der Waals surface area contributed by atoms with Crippen molar-refractivity contribution in [1.29, 1.82) is 0 Å². The number of nitrogens with zero attached hydrogens (tertiary/aromatic N) is 1. The topological polar surface area (TPSA) is 114 Å². The molecule has 9 heteroatoms. The van der Waals surface area contributed by atoms with E-state index in [1.54, 1.807) is 26.8 Å². The SMILES string of the molecule is CCOC(=O)c1c(C)[nH]c(C)c1C(=O)CN1C(=O)c2ccccc2S1(=O)=O. The Balaban J connectivity index is 1.98. The van der Waals surface area contributed by atoms with Gasteiger partial charge in [0.25, 0.3) is 15.9 Å². The third-order valence-corrected chi connectivity index (χ3v) is 6.12. The predicted molar refractivity (Wildman–Crippen MR) is 95.2 cm³/mol. The van der Waals surface area contributed by atoms with Gasteiger partial charge in [-0.15, -0.1) is 0 Å². The van der Waals surface area contributed by atoms with Crippen LogP contribution in [-0.2, 0) is 14.8 Å². The Morgan fingerprint density at radius 1 is 1.11 bits per heavy atom. The van der Waals surface area contributed by atoms with Crippen molar-refractivity contribution in [2.45, 2.75) is 25.7 Å². The van der Waals surface area contributed by atoms with Gasteiger partial charge in [0.15, 0.2) is 5.78 Å². The monoisotopic (exact) mass is 390 g/mol. The lowest BCUT2D eigenvalue weighted by Gasteiger charge is -2.14. The molecule has 2 heterocycles. The average molecular weight is 390 g/mol. The first-order chi connectivity index (χ1) is 12.7. The minimum absolute atomic E-state index is 0.0258. The molecule has 1 aliphatic rings. The Morgan fingerprint density at radius 3 is 2.37 bits per heavy atom. The van der Waals surface area contributed by atoms with Crippen LogP contribution in [-0.4, -0.2) is 48.5 Å². The highest BCUT2D eigenvalue weighted by atomic mass is 32.2. The highest BCUT2D eigenvalue weighted by Crippen LogP contribution is 2.30. The van der Waals surface area contributed by atoms with Crippen molar-refractivity contribution in [2.75, 3.05) is 13.2 Å². The molecule has 27 heavy (non-hydrogen) atoms. The van der Waals surface area contributed by atoms with Crippen molar-refractivity contribution in [1.82, 2.24) is 9.29 Å². The number of carbonyl (C=O) groups is 3. The molecule has 0 saturated carbocycles. The van der Waals surface area contributed by atoms with Crippen LogP contribution in [0.3, 0.4) is 0 Å². The van der Waals surface area contributed by atoms with E-state index < -0.39 is 34.2 Å². The van der Waals surface area contributed by atoms with E-state index in [1.165, 1.54) is 18.2 Å². The fourth-order valence-electron chi connectivity index (χ4n) is 3.18. The largest absolute Gasteiger partial charge is 0.462 e. The first-order valence-corrected chi connectivity index (χ1v) is 9.69. The van der Waals surface area contributed by atoms with Crippen molar-refractivity contribution in [3.63, 3.8) is 0 Å². The molecule has 1 amide bonds. The van der Waals surface area contributed by atoms with Crippen molar-refractivity contribution in [3.8, 4) is 0 Å². The molecule has 0 aliphatic carbocycles. The third-order valence-electron chi connectivity index (χ3n) is 4.33. The number of Topliss-reactive ketones (excluding diaryl/α,β-unsaturated/α-hetero) is 1. The number of aromatic amines is 1. The summed E-state index contributed by atoms with van der Waals surface area (Å²) in [5.41, 5.74) is 0.957. The van der Waals surface area contributed by atoms with Crippen LogP contribution in [0.4, 0.5) is 0 Å². The normalized spacial score (nSPS) is 14.9. The maximum Gasteiger partial charge on any atom is 0.340 e. The number of fused-ring (bicyclic) bond motifs is 1.